The number of fused-ring (bicyclic) bond motifs is 3. The van der Waals surface area contributed by atoms with Gasteiger partial charge in [0.15, 0.2) is 11.0 Å². The third-order valence-corrected chi connectivity index (χ3v) is 3.88. The molecule has 2 heterocycles. The molecule has 0 saturated carbocycles. The molecular formula is C15H17ClN3O+. The monoisotopic (exact) mass is 290 g/mol. The Labute approximate surface area is 121 Å². The van der Waals surface area contributed by atoms with Crippen LogP contribution in [0.25, 0.3) is 21.9 Å². The number of rotatable bonds is 4. The third kappa shape index (κ3) is 2.00. The van der Waals surface area contributed by atoms with Crippen molar-refractivity contribution in [3.05, 3.63) is 40.4 Å². The summed E-state index contributed by atoms with van der Waals surface area (Å²) in [6.07, 6.45) is 1.57. The maximum atomic E-state index is 12.7. The van der Waals surface area contributed by atoms with Crippen LogP contribution in [0, 0.1) is 0 Å². The first kappa shape index (κ1) is 13.2. The lowest BCUT2D eigenvalue weighted by Gasteiger charge is -2.02. The lowest BCUT2D eigenvalue weighted by atomic mass is 10.2. The van der Waals surface area contributed by atoms with Gasteiger partial charge in [-0.05, 0) is 18.6 Å². The van der Waals surface area contributed by atoms with Gasteiger partial charge in [0, 0.05) is 17.7 Å². The topological polar surface area (TPSA) is 51.9 Å². The number of hydrogen-bond acceptors (Lipinski definition) is 1. The predicted octanol–water partition coefficient (Wildman–Crippen LogP) is 2.49. The van der Waals surface area contributed by atoms with Crippen molar-refractivity contribution in [2.45, 2.75) is 26.3 Å². The first-order chi connectivity index (χ1) is 9.76. The van der Waals surface area contributed by atoms with Crippen molar-refractivity contribution in [2.24, 2.45) is 0 Å². The Balaban J connectivity index is 2.33. The molecule has 0 saturated heterocycles. The molecule has 0 amide bonds. The van der Waals surface area contributed by atoms with Crippen molar-refractivity contribution < 1.29 is 4.98 Å². The molecule has 5 heteroatoms. The van der Waals surface area contributed by atoms with Crippen LogP contribution in [-0.2, 0) is 13.0 Å². The van der Waals surface area contributed by atoms with Crippen LogP contribution in [-0.4, -0.2) is 15.4 Å². The summed E-state index contributed by atoms with van der Waals surface area (Å²) in [5, 5.41) is 1.05. The molecule has 0 unspecified atom stereocenters. The zero-order chi connectivity index (χ0) is 14.1. The fourth-order valence-corrected chi connectivity index (χ4v) is 2.75. The molecule has 2 aromatic heterocycles. The van der Waals surface area contributed by atoms with E-state index in [0.717, 1.165) is 35.1 Å². The number of H-pyrrole nitrogens is 2. The van der Waals surface area contributed by atoms with Crippen LogP contribution < -0.4 is 10.5 Å². The molecule has 0 aliphatic carbocycles. The quantitative estimate of drug-likeness (QED) is 0.738. The standard InChI is InChI=1S/C15H16ClN3O/c1-2-12-18-13-10-6-3-4-7-11(10)17-14(13)15(20)19(12)9-5-8-16/h3-4,6-7,17H,2,5,8-9H2,1H3/p+1. The van der Waals surface area contributed by atoms with Crippen LogP contribution in [0.2, 0.25) is 0 Å². The minimum atomic E-state index is 0.0249. The van der Waals surface area contributed by atoms with E-state index in [1.165, 1.54) is 0 Å². The highest BCUT2D eigenvalue weighted by Crippen LogP contribution is 2.19. The van der Waals surface area contributed by atoms with Crippen molar-refractivity contribution in [2.75, 3.05) is 5.88 Å². The van der Waals surface area contributed by atoms with Crippen LogP contribution >= 0.6 is 11.6 Å². The zero-order valence-corrected chi connectivity index (χ0v) is 12.1. The summed E-state index contributed by atoms with van der Waals surface area (Å²) >= 11 is 5.75. The van der Waals surface area contributed by atoms with Gasteiger partial charge >= 0.3 is 5.56 Å². The third-order valence-electron chi connectivity index (χ3n) is 3.61. The average molecular weight is 291 g/mol. The van der Waals surface area contributed by atoms with Crippen molar-refractivity contribution >= 4 is 33.5 Å². The number of nitrogens with zero attached hydrogens (tertiary/aromatic N) is 1. The molecule has 0 radical (unpaired) electrons. The smallest absolute Gasteiger partial charge is 0.345 e. The molecule has 3 aromatic rings. The Morgan fingerprint density at radius 3 is 2.90 bits per heavy atom. The summed E-state index contributed by atoms with van der Waals surface area (Å²) in [7, 11) is 0. The normalized spacial score (nSPS) is 11.5. The average Bonchev–Trinajstić information content (AvgIpc) is 2.85. The number of hydrogen-bond donors (Lipinski definition) is 1. The van der Waals surface area contributed by atoms with Gasteiger partial charge in [-0.3, -0.25) is 0 Å². The molecule has 0 fully saturated rings. The molecule has 2 N–H and O–H groups in total. The van der Waals surface area contributed by atoms with E-state index in [-0.39, 0.29) is 5.56 Å². The van der Waals surface area contributed by atoms with Crippen molar-refractivity contribution in [1.82, 2.24) is 9.55 Å². The summed E-state index contributed by atoms with van der Waals surface area (Å²) in [4.78, 5) is 19.3. The number of nitrogens with one attached hydrogen (secondary N) is 2. The molecule has 0 bridgehead atoms. The maximum absolute atomic E-state index is 12.7. The van der Waals surface area contributed by atoms with E-state index >= 15 is 0 Å². The van der Waals surface area contributed by atoms with Crippen LogP contribution in [0.15, 0.2) is 29.1 Å². The minimum Gasteiger partial charge on any atom is -0.345 e. The summed E-state index contributed by atoms with van der Waals surface area (Å²) in [6, 6.07) is 7.95. The highest BCUT2D eigenvalue weighted by atomic mass is 35.5. The second-order valence-electron chi connectivity index (χ2n) is 4.85. The molecule has 20 heavy (non-hydrogen) atoms. The Bertz CT molecular complexity index is 819. The van der Waals surface area contributed by atoms with Crippen molar-refractivity contribution in [3.8, 4) is 0 Å². The maximum Gasteiger partial charge on any atom is 0.361 e. The van der Waals surface area contributed by atoms with Crippen LogP contribution in [0.3, 0.4) is 0 Å². The van der Waals surface area contributed by atoms with Gasteiger partial charge in [0.2, 0.25) is 0 Å². The number of aryl methyl sites for hydroxylation is 1. The summed E-state index contributed by atoms with van der Waals surface area (Å²) in [5.74, 6) is 1.50. The molecular weight excluding hydrogens is 274 g/mol. The number of alkyl halides is 1. The van der Waals surface area contributed by atoms with E-state index < -0.39 is 0 Å². The van der Waals surface area contributed by atoms with Crippen molar-refractivity contribution in [1.29, 1.82) is 0 Å². The Morgan fingerprint density at radius 2 is 2.15 bits per heavy atom. The number of para-hydroxylation sites is 1. The Morgan fingerprint density at radius 1 is 1.35 bits per heavy atom. The molecule has 0 atom stereocenters. The molecule has 0 aliphatic rings. The number of halogens is 1. The van der Waals surface area contributed by atoms with Gasteiger partial charge in [-0.1, -0.05) is 19.1 Å². The van der Waals surface area contributed by atoms with Gasteiger partial charge in [-0.2, -0.15) is 4.57 Å². The Kier molecular flexibility index (Phi) is 3.49. The Hall–Kier alpha value is -1.81. The minimum absolute atomic E-state index is 0.0249. The molecule has 1 aromatic carbocycles. The molecule has 4 nitrogen and oxygen atoms in total. The predicted molar refractivity (Wildman–Crippen MR) is 81.3 cm³/mol. The van der Waals surface area contributed by atoms with Crippen LogP contribution in [0.1, 0.15) is 19.2 Å². The van der Waals surface area contributed by atoms with E-state index in [9.17, 15) is 4.79 Å². The number of aromatic nitrogens is 3. The van der Waals surface area contributed by atoms with E-state index in [0.29, 0.717) is 17.9 Å². The molecule has 104 valence electrons. The first-order valence-electron chi connectivity index (χ1n) is 6.87. The van der Waals surface area contributed by atoms with E-state index in [4.69, 9.17) is 11.6 Å². The second kappa shape index (κ2) is 5.29. The summed E-state index contributed by atoms with van der Waals surface area (Å²) in [5.41, 5.74) is 2.53. The van der Waals surface area contributed by atoms with Gasteiger partial charge in [0.1, 0.15) is 0 Å². The molecule has 3 rings (SSSR count). The van der Waals surface area contributed by atoms with Gasteiger partial charge < -0.3 is 4.98 Å². The van der Waals surface area contributed by atoms with Gasteiger partial charge in [0.25, 0.3) is 5.82 Å². The van der Waals surface area contributed by atoms with Crippen LogP contribution in [0.5, 0.6) is 0 Å². The van der Waals surface area contributed by atoms with E-state index in [1.54, 1.807) is 4.57 Å². The lowest BCUT2D eigenvalue weighted by Crippen LogP contribution is -2.32. The van der Waals surface area contributed by atoms with Gasteiger partial charge in [-0.25, -0.2) is 9.78 Å². The van der Waals surface area contributed by atoms with Crippen LogP contribution in [0.4, 0.5) is 0 Å². The second-order valence-corrected chi connectivity index (χ2v) is 5.22. The lowest BCUT2D eigenvalue weighted by molar-refractivity contribution is -0.365. The largest absolute Gasteiger partial charge is 0.361 e. The highest BCUT2D eigenvalue weighted by molar-refractivity contribution is 6.17. The summed E-state index contributed by atoms with van der Waals surface area (Å²) in [6.45, 7) is 2.69. The molecule has 0 spiro atoms. The van der Waals surface area contributed by atoms with Crippen molar-refractivity contribution in [3.63, 3.8) is 0 Å². The zero-order valence-electron chi connectivity index (χ0n) is 11.4. The van der Waals surface area contributed by atoms with E-state index in [2.05, 4.69) is 9.97 Å². The van der Waals surface area contributed by atoms with Gasteiger partial charge in [0.05, 0.1) is 12.1 Å². The fourth-order valence-electron chi connectivity index (χ4n) is 2.64. The number of benzene rings is 1. The van der Waals surface area contributed by atoms with Gasteiger partial charge in [-0.15, -0.1) is 11.6 Å². The molecule has 0 aliphatic heterocycles. The highest BCUT2D eigenvalue weighted by Gasteiger charge is 2.19. The summed E-state index contributed by atoms with van der Waals surface area (Å²) < 4.78 is 1.79. The van der Waals surface area contributed by atoms with E-state index in [1.807, 2.05) is 31.2 Å². The SMILES string of the molecule is CCc1[nH+]c2c([nH]c3ccccc32)c(=O)n1CCCCl. The first-order valence-corrected chi connectivity index (χ1v) is 7.41. The number of aromatic amines is 2. The fraction of sp³-hybridized carbons (Fsp3) is 0.333.